The number of fused-ring (bicyclic) bond motifs is 1. The van der Waals surface area contributed by atoms with Crippen molar-refractivity contribution in [2.75, 3.05) is 49.9 Å². The lowest BCUT2D eigenvalue weighted by Crippen LogP contribution is -2.41. The van der Waals surface area contributed by atoms with E-state index in [9.17, 15) is 4.79 Å². The quantitative estimate of drug-likeness (QED) is 0.510. The third-order valence-electron chi connectivity index (χ3n) is 6.13. The van der Waals surface area contributed by atoms with Gasteiger partial charge in [0.15, 0.2) is 0 Å². The van der Waals surface area contributed by atoms with Gasteiger partial charge in [0, 0.05) is 58.2 Å². The van der Waals surface area contributed by atoms with Gasteiger partial charge in [0.2, 0.25) is 5.95 Å². The highest BCUT2D eigenvalue weighted by molar-refractivity contribution is 5.96. The number of benzene rings is 1. The molecule has 1 unspecified atom stereocenters. The van der Waals surface area contributed by atoms with Gasteiger partial charge in [0.1, 0.15) is 17.2 Å². The summed E-state index contributed by atoms with van der Waals surface area (Å²) in [6.45, 7) is 6.42. The number of carbonyl (C=O) groups excluding carboxylic acids is 1. The minimum Gasteiger partial charge on any atom is -0.444 e. The second kappa shape index (κ2) is 10.2. The van der Waals surface area contributed by atoms with E-state index in [1.165, 1.54) is 0 Å². The number of ether oxygens (including phenoxy) is 1. The van der Waals surface area contributed by atoms with E-state index in [0.717, 1.165) is 41.3 Å². The molecule has 3 heterocycles. The topological polar surface area (TPSA) is 86.7 Å². The number of nitrogens with zero attached hydrogens (tertiary/aromatic N) is 6. The Morgan fingerprint density at radius 3 is 2.53 bits per heavy atom. The van der Waals surface area contributed by atoms with Crippen LogP contribution in [0, 0.1) is 0 Å². The number of carbonyl (C=O) groups is 1. The molecule has 0 saturated carbocycles. The van der Waals surface area contributed by atoms with Gasteiger partial charge in [-0.1, -0.05) is 0 Å². The average Bonchev–Trinajstić information content (AvgIpc) is 2.82. The predicted octanol–water partition coefficient (Wildman–Crippen LogP) is 5.36. The van der Waals surface area contributed by atoms with Crippen LogP contribution in [-0.4, -0.2) is 66.3 Å². The Bertz CT molecular complexity index is 1240. The minimum absolute atomic E-state index is 0.0363. The first-order valence-electron chi connectivity index (χ1n) is 12.4. The summed E-state index contributed by atoms with van der Waals surface area (Å²) in [6.07, 6.45) is 6.32. The highest BCUT2D eigenvalue weighted by atomic mass is 16.6. The number of nitrogens with one attached hydrogen (secondary N) is 1. The van der Waals surface area contributed by atoms with Crippen LogP contribution in [0.15, 0.2) is 36.7 Å². The van der Waals surface area contributed by atoms with Gasteiger partial charge in [-0.3, -0.25) is 0 Å². The summed E-state index contributed by atoms with van der Waals surface area (Å²) in [4.78, 5) is 32.4. The monoisotopic (exact) mass is 491 g/mol. The molecule has 4 rings (SSSR count). The summed E-state index contributed by atoms with van der Waals surface area (Å²) in [5.74, 6) is 1.99. The average molecular weight is 492 g/mol. The van der Waals surface area contributed by atoms with Crippen molar-refractivity contribution in [3.8, 4) is 0 Å². The molecule has 1 fully saturated rings. The first kappa shape index (κ1) is 25.5. The van der Waals surface area contributed by atoms with E-state index in [-0.39, 0.29) is 12.1 Å². The summed E-state index contributed by atoms with van der Waals surface area (Å²) in [5.41, 5.74) is 1.63. The number of hydrogen-bond acceptors (Lipinski definition) is 8. The number of hydrogen-bond donors (Lipinski definition) is 1. The molecule has 0 aliphatic carbocycles. The minimum atomic E-state index is -0.531. The predicted molar refractivity (Wildman–Crippen MR) is 145 cm³/mol. The van der Waals surface area contributed by atoms with Crippen molar-refractivity contribution in [3.63, 3.8) is 0 Å². The molecule has 2 aromatic heterocycles. The third kappa shape index (κ3) is 5.78. The lowest BCUT2D eigenvalue weighted by atomic mass is 9.93. The van der Waals surface area contributed by atoms with E-state index in [4.69, 9.17) is 4.74 Å². The molecule has 0 spiro atoms. The van der Waals surface area contributed by atoms with Crippen LogP contribution < -0.4 is 15.1 Å². The molecule has 1 atom stereocenters. The molecule has 3 aromatic rings. The molecule has 0 bridgehead atoms. The Labute approximate surface area is 213 Å². The van der Waals surface area contributed by atoms with Crippen LogP contribution in [0.25, 0.3) is 10.8 Å². The second-order valence-corrected chi connectivity index (χ2v) is 10.7. The number of amides is 1. The number of likely N-dealkylation sites (tertiary alicyclic amines) is 1. The van der Waals surface area contributed by atoms with Crippen molar-refractivity contribution in [2.45, 2.75) is 51.7 Å². The fourth-order valence-corrected chi connectivity index (χ4v) is 4.47. The van der Waals surface area contributed by atoms with Gasteiger partial charge in [0.05, 0.1) is 6.04 Å². The third-order valence-corrected chi connectivity index (χ3v) is 6.13. The Kier molecular flexibility index (Phi) is 7.19. The van der Waals surface area contributed by atoms with E-state index in [1.54, 1.807) is 6.20 Å². The van der Waals surface area contributed by atoms with Gasteiger partial charge in [-0.05, 0) is 75.2 Å². The molecule has 36 heavy (non-hydrogen) atoms. The number of aromatic nitrogens is 3. The van der Waals surface area contributed by atoms with Gasteiger partial charge < -0.3 is 24.8 Å². The first-order valence-corrected chi connectivity index (χ1v) is 12.4. The lowest BCUT2D eigenvalue weighted by Gasteiger charge is -2.37. The Hall–Kier alpha value is -3.62. The Morgan fingerprint density at radius 1 is 1.06 bits per heavy atom. The summed E-state index contributed by atoms with van der Waals surface area (Å²) in [6, 6.07) is 8.17. The SMILES string of the molecule is CN(C)c1nccc(Nc2cc3cc(C4CCCCN4C(=O)OC(C)(C)C)cc(N(C)C)c3cn2)n1. The summed E-state index contributed by atoms with van der Waals surface area (Å²) in [7, 11) is 7.87. The Morgan fingerprint density at radius 2 is 1.83 bits per heavy atom. The van der Waals surface area contributed by atoms with Crippen LogP contribution in [0.5, 0.6) is 0 Å². The molecule has 192 valence electrons. The van der Waals surface area contributed by atoms with E-state index in [0.29, 0.717) is 24.1 Å². The maximum atomic E-state index is 13.1. The Balaban J connectivity index is 1.71. The number of rotatable bonds is 5. The summed E-state index contributed by atoms with van der Waals surface area (Å²) >= 11 is 0. The normalized spacial score (nSPS) is 16.1. The molecule has 0 radical (unpaired) electrons. The molecule has 1 saturated heterocycles. The molecule has 1 aliphatic heterocycles. The number of pyridine rings is 1. The number of piperidine rings is 1. The van der Waals surface area contributed by atoms with Gasteiger partial charge >= 0.3 is 6.09 Å². The largest absolute Gasteiger partial charge is 0.444 e. The van der Waals surface area contributed by atoms with Gasteiger partial charge in [0.25, 0.3) is 0 Å². The standard InChI is InChI=1S/C27H37N7O2/c1-27(2,3)36-26(35)34-13-9-8-10-21(34)19-14-18-16-24(29-17-20(18)22(15-19)32(4)5)30-23-11-12-28-25(31-23)33(6)7/h11-12,14-17,21H,8-10,13H2,1-7H3,(H,28,29,30,31). The zero-order valence-corrected chi connectivity index (χ0v) is 22.4. The fourth-order valence-electron chi connectivity index (χ4n) is 4.47. The summed E-state index contributed by atoms with van der Waals surface area (Å²) < 4.78 is 5.75. The molecule has 1 N–H and O–H groups in total. The molecule has 9 heteroatoms. The van der Waals surface area contributed by atoms with Crippen LogP contribution in [0.2, 0.25) is 0 Å². The van der Waals surface area contributed by atoms with Crippen molar-refractivity contribution in [3.05, 3.63) is 42.2 Å². The maximum absolute atomic E-state index is 13.1. The lowest BCUT2D eigenvalue weighted by molar-refractivity contribution is 0.00953. The van der Waals surface area contributed by atoms with Crippen LogP contribution in [0.3, 0.4) is 0 Å². The van der Waals surface area contributed by atoms with Crippen molar-refractivity contribution in [1.29, 1.82) is 0 Å². The van der Waals surface area contributed by atoms with Gasteiger partial charge in [-0.15, -0.1) is 0 Å². The van der Waals surface area contributed by atoms with Crippen LogP contribution in [0.4, 0.5) is 28.1 Å². The molecule has 1 aromatic carbocycles. The smallest absolute Gasteiger partial charge is 0.410 e. The van der Waals surface area contributed by atoms with Crippen molar-refractivity contribution in [1.82, 2.24) is 19.9 Å². The van der Waals surface area contributed by atoms with E-state index in [1.807, 2.05) is 77.1 Å². The van der Waals surface area contributed by atoms with Crippen molar-refractivity contribution >= 4 is 40.1 Å². The van der Waals surface area contributed by atoms with Crippen LogP contribution in [-0.2, 0) is 4.74 Å². The molecule has 1 aliphatic rings. The van der Waals surface area contributed by atoms with Crippen molar-refractivity contribution in [2.24, 2.45) is 0 Å². The zero-order valence-electron chi connectivity index (χ0n) is 22.4. The fraction of sp³-hybridized carbons (Fsp3) is 0.481. The summed E-state index contributed by atoms with van der Waals surface area (Å²) in [5, 5.41) is 5.40. The zero-order chi connectivity index (χ0) is 26.0. The van der Waals surface area contributed by atoms with Crippen LogP contribution in [0.1, 0.15) is 51.6 Å². The number of anilines is 4. The van der Waals surface area contributed by atoms with E-state index >= 15 is 0 Å². The maximum Gasteiger partial charge on any atom is 0.410 e. The van der Waals surface area contributed by atoms with Gasteiger partial charge in [-0.2, -0.15) is 4.98 Å². The van der Waals surface area contributed by atoms with E-state index in [2.05, 4.69) is 37.3 Å². The van der Waals surface area contributed by atoms with Crippen LogP contribution >= 0.6 is 0 Å². The van der Waals surface area contributed by atoms with E-state index < -0.39 is 5.60 Å². The van der Waals surface area contributed by atoms with Gasteiger partial charge in [-0.25, -0.2) is 14.8 Å². The highest BCUT2D eigenvalue weighted by Gasteiger charge is 2.32. The molecular weight excluding hydrogens is 454 g/mol. The van der Waals surface area contributed by atoms with Crippen molar-refractivity contribution < 1.29 is 9.53 Å². The molecule has 9 nitrogen and oxygen atoms in total. The molecular formula is C27H37N7O2. The molecule has 1 amide bonds. The second-order valence-electron chi connectivity index (χ2n) is 10.7. The first-order chi connectivity index (χ1) is 17.0. The highest BCUT2D eigenvalue weighted by Crippen LogP contribution is 2.37.